The Morgan fingerprint density at radius 1 is 1.56 bits per heavy atom. The molecule has 0 aromatic heterocycles. The maximum absolute atomic E-state index is 11.4. The lowest BCUT2D eigenvalue weighted by Gasteiger charge is -2.36. The van der Waals surface area contributed by atoms with Crippen molar-refractivity contribution >= 4 is 17.8 Å². The van der Waals surface area contributed by atoms with Gasteiger partial charge in [0.05, 0.1) is 5.60 Å². The molecule has 2 amide bonds. The van der Waals surface area contributed by atoms with E-state index in [0.29, 0.717) is 13.0 Å². The molecular formula is C11H22N2O2S. The van der Waals surface area contributed by atoms with Gasteiger partial charge in [0.25, 0.3) is 0 Å². The molecule has 0 spiro atoms. The Labute approximate surface area is 102 Å². The summed E-state index contributed by atoms with van der Waals surface area (Å²) in [6, 6.07) is 0.0475. The van der Waals surface area contributed by atoms with E-state index in [9.17, 15) is 9.90 Å². The van der Waals surface area contributed by atoms with Crippen molar-refractivity contribution in [2.75, 3.05) is 18.6 Å². The summed E-state index contributed by atoms with van der Waals surface area (Å²) in [5.74, 6) is 0.914. The standard InChI is InChI=1S/C11H22N2O2S/c1-9(8-16-2)13-10(14)12-7-6-11(15)4-3-5-11/h9,15H,3-8H2,1-2H3,(H2,12,13,14)/t9-/m1/s1. The summed E-state index contributed by atoms with van der Waals surface area (Å²) in [6.07, 6.45) is 5.53. The fraction of sp³-hybridized carbons (Fsp3) is 0.909. The van der Waals surface area contributed by atoms with Crippen LogP contribution in [-0.2, 0) is 0 Å². The summed E-state index contributed by atoms with van der Waals surface area (Å²) in [6.45, 7) is 2.53. The van der Waals surface area contributed by atoms with Crippen LogP contribution in [0.4, 0.5) is 4.79 Å². The third kappa shape index (κ3) is 4.61. The van der Waals surface area contributed by atoms with Crippen LogP contribution >= 0.6 is 11.8 Å². The second-order valence-electron chi connectivity index (χ2n) is 4.58. The van der Waals surface area contributed by atoms with Gasteiger partial charge in [-0.25, -0.2) is 4.79 Å². The monoisotopic (exact) mass is 246 g/mol. The highest BCUT2D eigenvalue weighted by atomic mass is 32.2. The average molecular weight is 246 g/mol. The van der Waals surface area contributed by atoms with Crippen LogP contribution in [-0.4, -0.2) is 41.3 Å². The van der Waals surface area contributed by atoms with Gasteiger partial charge in [-0.1, -0.05) is 0 Å². The molecule has 1 saturated carbocycles. The zero-order valence-corrected chi connectivity index (χ0v) is 10.9. The predicted molar refractivity (Wildman–Crippen MR) is 67.8 cm³/mol. The number of carbonyl (C=O) groups is 1. The van der Waals surface area contributed by atoms with E-state index in [1.54, 1.807) is 11.8 Å². The van der Waals surface area contributed by atoms with Crippen LogP contribution in [0.25, 0.3) is 0 Å². The van der Waals surface area contributed by atoms with Crippen LogP contribution in [0.15, 0.2) is 0 Å². The maximum Gasteiger partial charge on any atom is 0.315 e. The van der Waals surface area contributed by atoms with Gasteiger partial charge in [-0.3, -0.25) is 0 Å². The molecule has 0 saturated heterocycles. The van der Waals surface area contributed by atoms with Gasteiger partial charge in [0, 0.05) is 18.3 Å². The molecule has 4 nitrogen and oxygen atoms in total. The SMILES string of the molecule is CSC[C@@H](C)NC(=O)NCCC1(O)CCC1. The van der Waals surface area contributed by atoms with E-state index >= 15 is 0 Å². The van der Waals surface area contributed by atoms with Crippen molar-refractivity contribution in [3.63, 3.8) is 0 Å². The molecule has 0 bridgehead atoms. The molecule has 5 heteroatoms. The number of aliphatic hydroxyl groups is 1. The Hall–Kier alpha value is -0.420. The molecule has 0 aliphatic heterocycles. The van der Waals surface area contributed by atoms with E-state index in [-0.39, 0.29) is 12.1 Å². The van der Waals surface area contributed by atoms with Crippen molar-refractivity contribution in [3.8, 4) is 0 Å². The number of nitrogens with one attached hydrogen (secondary N) is 2. The maximum atomic E-state index is 11.4. The zero-order valence-electron chi connectivity index (χ0n) is 10.1. The Kier molecular flexibility index (Phi) is 5.41. The van der Waals surface area contributed by atoms with Gasteiger partial charge in [-0.15, -0.1) is 0 Å². The first kappa shape index (κ1) is 13.6. The number of amides is 2. The summed E-state index contributed by atoms with van der Waals surface area (Å²) in [5, 5.41) is 15.4. The molecular weight excluding hydrogens is 224 g/mol. The molecule has 16 heavy (non-hydrogen) atoms. The highest BCUT2D eigenvalue weighted by Crippen LogP contribution is 2.33. The Balaban J connectivity index is 2.05. The minimum Gasteiger partial charge on any atom is -0.390 e. The van der Waals surface area contributed by atoms with Gasteiger partial charge < -0.3 is 15.7 Å². The number of urea groups is 1. The van der Waals surface area contributed by atoms with Crippen molar-refractivity contribution < 1.29 is 9.90 Å². The average Bonchev–Trinajstić information content (AvgIpc) is 2.15. The quantitative estimate of drug-likeness (QED) is 0.663. The Bertz CT molecular complexity index is 232. The highest BCUT2D eigenvalue weighted by Gasteiger charge is 2.33. The van der Waals surface area contributed by atoms with Crippen molar-refractivity contribution in [1.29, 1.82) is 0 Å². The first-order valence-electron chi connectivity index (χ1n) is 5.81. The molecule has 1 aliphatic rings. The van der Waals surface area contributed by atoms with Crippen molar-refractivity contribution in [3.05, 3.63) is 0 Å². The summed E-state index contributed by atoms with van der Waals surface area (Å²) in [5.41, 5.74) is -0.502. The van der Waals surface area contributed by atoms with E-state index < -0.39 is 5.60 Å². The summed E-state index contributed by atoms with van der Waals surface area (Å²) in [4.78, 5) is 11.4. The number of rotatable bonds is 6. The molecule has 1 fully saturated rings. The van der Waals surface area contributed by atoms with Crippen LogP contribution in [0, 0.1) is 0 Å². The van der Waals surface area contributed by atoms with Gasteiger partial charge >= 0.3 is 6.03 Å². The molecule has 1 atom stereocenters. The van der Waals surface area contributed by atoms with Crippen LogP contribution in [0.5, 0.6) is 0 Å². The van der Waals surface area contributed by atoms with Gasteiger partial charge in [0.2, 0.25) is 0 Å². The second kappa shape index (κ2) is 6.35. The lowest BCUT2D eigenvalue weighted by molar-refractivity contribution is -0.0389. The lowest BCUT2D eigenvalue weighted by atomic mass is 9.78. The topological polar surface area (TPSA) is 61.4 Å². The molecule has 1 aliphatic carbocycles. The molecule has 0 aromatic carbocycles. The first-order valence-corrected chi connectivity index (χ1v) is 7.21. The van der Waals surface area contributed by atoms with Crippen LogP contribution < -0.4 is 10.6 Å². The van der Waals surface area contributed by atoms with Gasteiger partial charge in [0.15, 0.2) is 0 Å². The van der Waals surface area contributed by atoms with Gasteiger partial charge in [0.1, 0.15) is 0 Å². The number of thioether (sulfide) groups is 1. The van der Waals surface area contributed by atoms with Gasteiger partial charge in [-0.05, 0) is 38.9 Å². The van der Waals surface area contributed by atoms with E-state index in [1.165, 1.54) is 0 Å². The number of hydrogen-bond donors (Lipinski definition) is 3. The van der Waals surface area contributed by atoms with E-state index in [4.69, 9.17) is 0 Å². The lowest BCUT2D eigenvalue weighted by Crippen LogP contribution is -2.45. The fourth-order valence-electron chi connectivity index (χ4n) is 1.81. The summed E-state index contributed by atoms with van der Waals surface area (Å²) < 4.78 is 0. The Morgan fingerprint density at radius 3 is 2.75 bits per heavy atom. The minimum atomic E-state index is -0.502. The largest absolute Gasteiger partial charge is 0.390 e. The van der Waals surface area contributed by atoms with E-state index in [1.807, 2.05) is 13.2 Å². The molecule has 0 heterocycles. The smallest absolute Gasteiger partial charge is 0.315 e. The third-order valence-corrected chi connectivity index (χ3v) is 3.79. The van der Waals surface area contributed by atoms with E-state index in [2.05, 4.69) is 10.6 Å². The molecule has 1 rings (SSSR count). The highest BCUT2D eigenvalue weighted by molar-refractivity contribution is 7.98. The fourth-order valence-corrected chi connectivity index (χ4v) is 2.39. The van der Waals surface area contributed by atoms with E-state index in [0.717, 1.165) is 25.0 Å². The number of carbonyl (C=O) groups excluding carboxylic acids is 1. The van der Waals surface area contributed by atoms with Crippen molar-refractivity contribution in [2.45, 2.75) is 44.2 Å². The number of hydrogen-bond acceptors (Lipinski definition) is 3. The van der Waals surface area contributed by atoms with Crippen LogP contribution in [0.3, 0.4) is 0 Å². The second-order valence-corrected chi connectivity index (χ2v) is 5.50. The normalized spacial score (nSPS) is 19.7. The third-order valence-electron chi connectivity index (χ3n) is 2.95. The predicted octanol–water partition coefficient (Wildman–Crippen LogP) is 1.34. The molecule has 3 N–H and O–H groups in total. The molecule has 0 radical (unpaired) electrons. The van der Waals surface area contributed by atoms with Crippen LogP contribution in [0.2, 0.25) is 0 Å². The van der Waals surface area contributed by atoms with Crippen LogP contribution in [0.1, 0.15) is 32.6 Å². The van der Waals surface area contributed by atoms with Gasteiger partial charge in [-0.2, -0.15) is 11.8 Å². The minimum absolute atomic E-state index is 0.135. The zero-order chi connectivity index (χ0) is 12.0. The Morgan fingerprint density at radius 2 is 2.25 bits per heavy atom. The molecule has 94 valence electrons. The van der Waals surface area contributed by atoms with Crippen molar-refractivity contribution in [2.24, 2.45) is 0 Å². The summed E-state index contributed by atoms with van der Waals surface area (Å²) >= 11 is 1.71. The molecule has 0 unspecified atom stereocenters. The van der Waals surface area contributed by atoms with Crippen molar-refractivity contribution in [1.82, 2.24) is 10.6 Å². The first-order chi connectivity index (χ1) is 7.56. The molecule has 0 aromatic rings. The summed E-state index contributed by atoms with van der Waals surface area (Å²) in [7, 11) is 0.